The zero-order chi connectivity index (χ0) is 14.5. The number of thioether (sulfide) groups is 1. The first-order valence-electron chi connectivity index (χ1n) is 6.59. The van der Waals surface area contributed by atoms with Crippen molar-refractivity contribution >= 4 is 23.4 Å². The van der Waals surface area contributed by atoms with E-state index in [-0.39, 0.29) is 5.91 Å². The molecule has 0 bridgehead atoms. The molecule has 2 rings (SSSR count). The number of anilines is 1. The van der Waals surface area contributed by atoms with Gasteiger partial charge in [-0.15, -0.1) is 10.2 Å². The van der Waals surface area contributed by atoms with E-state index in [0.717, 1.165) is 34.5 Å². The number of nitrogens with one attached hydrogen (secondary N) is 1. The quantitative estimate of drug-likeness (QED) is 0.860. The molecule has 0 unspecified atom stereocenters. The molecule has 20 heavy (non-hydrogen) atoms. The molecule has 5 nitrogen and oxygen atoms in total. The van der Waals surface area contributed by atoms with E-state index in [1.807, 2.05) is 24.3 Å². The Hall–Kier alpha value is -1.82. The molecule has 106 valence electrons. The summed E-state index contributed by atoms with van der Waals surface area (Å²) in [5.74, 6) is 1.76. The molecule has 1 amide bonds. The second-order valence-electron chi connectivity index (χ2n) is 4.24. The van der Waals surface area contributed by atoms with Gasteiger partial charge in [-0.2, -0.15) is 0 Å². The van der Waals surface area contributed by atoms with E-state index in [9.17, 15) is 4.79 Å². The van der Waals surface area contributed by atoms with Gasteiger partial charge >= 0.3 is 0 Å². The Bertz CT molecular complexity index is 592. The maximum absolute atomic E-state index is 11.0. The molecule has 0 saturated heterocycles. The average Bonchev–Trinajstić information content (AvgIpc) is 2.82. The minimum Gasteiger partial charge on any atom is -0.326 e. The van der Waals surface area contributed by atoms with Gasteiger partial charge in [-0.3, -0.25) is 4.79 Å². The number of carbonyl (C=O) groups excluding carboxylic acids is 1. The minimum absolute atomic E-state index is 0.0730. The fourth-order valence-corrected chi connectivity index (χ4v) is 2.66. The van der Waals surface area contributed by atoms with Crippen LogP contribution in [0.25, 0.3) is 11.4 Å². The van der Waals surface area contributed by atoms with Crippen LogP contribution in [0, 0.1) is 0 Å². The third-order valence-electron chi connectivity index (χ3n) is 2.77. The van der Waals surface area contributed by atoms with Crippen LogP contribution >= 0.6 is 11.8 Å². The maximum Gasteiger partial charge on any atom is 0.221 e. The highest BCUT2D eigenvalue weighted by molar-refractivity contribution is 7.99. The number of amides is 1. The van der Waals surface area contributed by atoms with Crippen molar-refractivity contribution in [3.05, 3.63) is 24.3 Å². The van der Waals surface area contributed by atoms with Crippen LogP contribution in [0.1, 0.15) is 20.8 Å². The molecular weight excluding hydrogens is 272 g/mol. The summed E-state index contributed by atoms with van der Waals surface area (Å²) in [7, 11) is 0. The Morgan fingerprint density at radius 3 is 2.50 bits per heavy atom. The van der Waals surface area contributed by atoms with Crippen LogP contribution in [0.2, 0.25) is 0 Å². The lowest BCUT2D eigenvalue weighted by molar-refractivity contribution is -0.114. The third kappa shape index (κ3) is 3.19. The SMILES string of the molecule is CCSc1nnc(-c2ccc(NC(C)=O)cc2)n1CC. The standard InChI is InChI=1S/C14H18N4OS/c1-4-18-13(16-17-14(18)20-5-2)11-6-8-12(9-7-11)15-10(3)19/h6-9H,4-5H2,1-3H3,(H,15,19). The molecule has 0 aliphatic rings. The Balaban J connectivity index is 2.29. The van der Waals surface area contributed by atoms with Crippen molar-refractivity contribution < 1.29 is 4.79 Å². The van der Waals surface area contributed by atoms with Crippen LogP contribution in [0.5, 0.6) is 0 Å². The highest BCUT2D eigenvalue weighted by Crippen LogP contribution is 2.24. The summed E-state index contributed by atoms with van der Waals surface area (Å²) in [5, 5.41) is 12.2. The largest absolute Gasteiger partial charge is 0.326 e. The van der Waals surface area contributed by atoms with E-state index in [1.165, 1.54) is 6.92 Å². The number of rotatable bonds is 5. The number of aromatic nitrogens is 3. The van der Waals surface area contributed by atoms with Gasteiger partial charge in [0.1, 0.15) is 0 Å². The van der Waals surface area contributed by atoms with Crippen LogP contribution in [0.15, 0.2) is 29.4 Å². The van der Waals surface area contributed by atoms with Crippen molar-refractivity contribution in [2.24, 2.45) is 0 Å². The highest BCUT2D eigenvalue weighted by atomic mass is 32.2. The van der Waals surface area contributed by atoms with Crippen LogP contribution in [0.4, 0.5) is 5.69 Å². The van der Waals surface area contributed by atoms with Crippen molar-refractivity contribution in [2.75, 3.05) is 11.1 Å². The fourth-order valence-electron chi connectivity index (χ4n) is 1.93. The second kappa shape index (κ2) is 6.56. The van der Waals surface area contributed by atoms with Crippen molar-refractivity contribution in [1.29, 1.82) is 0 Å². The molecule has 0 saturated carbocycles. The first kappa shape index (κ1) is 14.6. The molecule has 0 fully saturated rings. The summed E-state index contributed by atoms with van der Waals surface area (Å²) in [4.78, 5) is 11.0. The fraction of sp³-hybridized carbons (Fsp3) is 0.357. The molecule has 6 heteroatoms. The number of hydrogen-bond donors (Lipinski definition) is 1. The normalized spacial score (nSPS) is 10.6. The van der Waals surface area contributed by atoms with E-state index in [2.05, 4.69) is 33.9 Å². The number of benzene rings is 1. The molecule has 0 aliphatic carbocycles. The molecule has 1 heterocycles. The summed E-state index contributed by atoms with van der Waals surface area (Å²) in [6, 6.07) is 7.64. The summed E-state index contributed by atoms with van der Waals surface area (Å²) < 4.78 is 2.10. The average molecular weight is 290 g/mol. The minimum atomic E-state index is -0.0730. The molecule has 0 atom stereocenters. The van der Waals surface area contributed by atoms with Gasteiger partial charge < -0.3 is 9.88 Å². The lowest BCUT2D eigenvalue weighted by Crippen LogP contribution is -2.05. The number of nitrogens with zero attached hydrogens (tertiary/aromatic N) is 3. The first-order valence-corrected chi connectivity index (χ1v) is 7.58. The van der Waals surface area contributed by atoms with Gasteiger partial charge in [0, 0.05) is 24.7 Å². The molecule has 2 aromatic rings. The summed E-state index contributed by atoms with van der Waals surface area (Å²) in [5.41, 5.74) is 1.78. The maximum atomic E-state index is 11.0. The van der Waals surface area contributed by atoms with Crippen molar-refractivity contribution in [1.82, 2.24) is 14.8 Å². The second-order valence-corrected chi connectivity index (χ2v) is 5.47. The molecule has 1 aromatic carbocycles. The van der Waals surface area contributed by atoms with E-state index >= 15 is 0 Å². The lowest BCUT2D eigenvalue weighted by atomic mass is 10.2. The van der Waals surface area contributed by atoms with Crippen LogP contribution in [-0.4, -0.2) is 26.4 Å². The molecular formula is C14H18N4OS. The van der Waals surface area contributed by atoms with Gasteiger partial charge in [0.2, 0.25) is 5.91 Å². The Kier molecular flexibility index (Phi) is 4.79. The molecule has 0 radical (unpaired) electrons. The predicted molar refractivity (Wildman–Crippen MR) is 81.8 cm³/mol. The number of hydrogen-bond acceptors (Lipinski definition) is 4. The smallest absolute Gasteiger partial charge is 0.221 e. The van der Waals surface area contributed by atoms with Crippen molar-refractivity contribution in [3.63, 3.8) is 0 Å². The third-order valence-corrected chi connectivity index (χ3v) is 3.62. The van der Waals surface area contributed by atoms with Gasteiger partial charge in [-0.25, -0.2) is 0 Å². The van der Waals surface area contributed by atoms with Gasteiger partial charge in [0.05, 0.1) is 0 Å². The zero-order valence-corrected chi connectivity index (χ0v) is 12.7. The van der Waals surface area contributed by atoms with Gasteiger partial charge in [-0.05, 0) is 36.9 Å². The molecule has 0 aliphatic heterocycles. The summed E-state index contributed by atoms with van der Waals surface area (Å²) in [6.07, 6.45) is 0. The van der Waals surface area contributed by atoms with E-state index in [4.69, 9.17) is 0 Å². The van der Waals surface area contributed by atoms with Crippen molar-refractivity contribution in [2.45, 2.75) is 32.5 Å². The van der Waals surface area contributed by atoms with Gasteiger partial charge in [0.15, 0.2) is 11.0 Å². The lowest BCUT2D eigenvalue weighted by Gasteiger charge is -2.07. The Morgan fingerprint density at radius 2 is 1.95 bits per heavy atom. The topological polar surface area (TPSA) is 59.8 Å². The number of carbonyl (C=O) groups is 1. The van der Waals surface area contributed by atoms with Crippen LogP contribution in [-0.2, 0) is 11.3 Å². The Labute approximate surface area is 122 Å². The van der Waals surface area contributed by atoms with E-state index < -0.39 is 0 Å². The van der Waals surface area contributed by atoms with Gasteiger partial charge in [0.25, 0.3) is 0 Å². The van der Waals surface area contributed by atoms with Crippen LogP contribution in [0.3, 0.4) is 0 Å². The molecule has 1 N–H and O–H groups in total. The van der Waals surface area contributed by atoms with Crippen molar-refractivity contribution in [3.8, 4) is 11.4 Å². The summed E-state index contributed by atoms with van der Waals surface area (Å²) in [6.45, 7) is 6.51. The predicted octanol–water partition coefficient (Wildman–Crippen LogP) is 3.04. The van der Waals surface area contributed by atoms with Crippen LogP contribution < -0.4 is 5.32 Å². The van der Waals surface area contributed by atoms with E-state index in [0.29, 0.717) is 0 Å². The van der Waals surface area contributed by atoms with Gasteiger partial charge in [-0.1, -0.05) is 18.7 Å². The zero-order valence-electron chi connectivity index (χ0n) is 11.9. The monoisotopic (exact) mass is 290 g/mol. The first-order chi connectivity index (χ1) is 9.65. The molecule has 0 spiro atoms. The summed E-state index contributed by atoms with van der Waals surface area (Å²) >= 11 is 1.69. The highest BCUT2D eigenvalue weighted by Gasteiger charge is 2.12. The molecule has 1 aromatic heterocycles. The van der Waals surface area contributed by atoms with E-state index in [1.54, 1.807) is 11.8 Å². The Morgan fingerprint density at radius 1 is 1.25 bits per heavy atom.